The third-order valence-electron chi connectivity index (χ3n) is 3.23. The van der Waals surface area contributed by atoms with E-state index in [0.717, 1.165) is 24.9 Å². The Morgan fingerprint density at radius 3 is 2.89 bits per heavy atom. The maximum atomic E-state index is 11.6. The quantitative estimate of drug-likeness (QED) is 0.822. The molecule has 2 unspecified atom stereocenters. The lowest BCUT2D eigenvalue weighted by Crippen LogP contribution is -2.41. The molecule has 4 heteroatoms. The Balaban J connectivity index is 2.11. The van der Waals surface area contributed by atoms with Gasteiger partial charge in [0.15, 0.2) is 0 Å². The number of carbonyl (C=O) groups is 1. The Labute approximate surface area is 112 Å². The number of carbonyl (C=O) groups excluding carboxylic acids is 1. The largest absolute Gasteiger partial charge is 0.373 e. The Bertz CT molecular complexity index is 459. The normalized spacial score (nSPS) is 20.4. The first-order valence-corrected chi connectivity index (χ1v) is 6.51. The van der Waals surface area contributed by atoms with E-state index >= 15 is 0 Å². The molecule has 1 amide bonds. The van der Waals surface area contributed by atoms with Crippen molar-refractivity contribution < 1.29 is 4.79 Å². The number of halogens is 1. The zero-order valence-electron chi connectivity index (χ0n) is 10.1. The van der Waals surface area contributed by atoms with E-state index in [1.54, 1.807) is 12.1 Å². The van der Waals surface area contributed by atoms with Gasteiger partial charge in [-0.15, -0.1) is 0 Å². The summed E-state index contributed by atoms with van der Waals surface area (Å²) >= 11 is 5.93. The van der Waals surface area contributed by atoms with Crippen LogP contribution in [0.4, 0.5) is 5.69 Å². The summed E-state index contributed by atoms with van der Waals surface area (Å²) in [6.07, 6.45) is 7.14. The summed E-state index contributed by atoms with van der Waals surface area (Å²) in [5.41, 5.74) is 6.33. The van der Waals surface area contributed by atoms with E-state index in [0.29, 0.717) is 5.02 Å². The number of amides is 1. The van der Waals surface area contributed by atoms with Crippen LogP contribution in [0.1, 0.15) is 19.3 Å². The molecule has 2 rings (SSSR count). The van der Waals surface area contributed by atoms with Crippen LogP contribution in [0.3, 0.4) is 0 Å². The van der Waals surface area contributed by atoms with Crippen LogP contribution in [0.2, 0.25) is 5.02 Å². The van der Waals surface area contributed by atoms with Crippen molar-refractivity contribution in [3.8, 4) is 0 Å². The van der Waals surface area contributed by atoms with Crippen molar-refractivity contribution in [2.24, 2.45) is 11.7 Å². The van der Waals surface area contributed by atoms with Gasteiger partial charge in [0, 0.05) is 10.7 Å². The Hall–Kier alpha value is -1.48. The molecule has 3 N–H and O–H groups in total. The third-order valence-corrected chi connectivity index (χ3v) is 3.47. The number of primary amides is 1. The van der Waals surface area contributed by atoms with E-state index in [9.17, 15) is 4.79 Å². The van der Waals surface area contributed by atoms with Crippen LogP contribution in [0.25, 0.3) is 0 Å². The average molecular weight is 265 g/mol. The number of hydrogen-bond acceptors (Lipinski definition) is 2. The molecule has 1 aliphatic carbocycles. The molecule has 1 aromatic rings. The van der Waals surface area contributed by atoms with Gasteiger partial charge in [-0.05, 0) is 43.4 Å². The predicted molar refractivity (Wildman–Crippen MR) is 74.5 cm³/mol. The fourth-order valence-corrected chi connectivity index (χ4v) is 2.49. The van der Waals surface area contributed by atoms with Crippen molar-refractivity contribution in [2.45, 2.75) is 25.3 Å². The van der Waals surface area contributed by atoms with Gasteiger partial charge in [0.25, 0.3) is 0 Å². The number of benzene rings is 1. The van der Waals surface area contributed by atoms with Crippen LogP contribution in [-0.4, -0.2) is 11.9 Å². The summed E-state index contributed by atoms with van der Waals surface area (Å²) in [4.78, 5) is 11.6. The topological polar surface area (TPSA) is 55.1 Å². The number of nitrogens with one attached hydrogen (secondary N) is 1. The number of allylic oxidation sites excluding steroid dienone is 2. The SMILES string of the molecule is NC(=O)C(Nc1cccc(Cl)c1)C1CC=CCC1. The molecular formula is C14H17ClN2O. The molecule has 0 fully saturated rings. The Morgan fingerprint density at radius 2 is 2.28 bits per heavy atom. The zero-order chi connectivity index (χ0) is 13.0. The predicted octanol–water partition coefficient (Wildman–Crippen LogP) is 2.96. The van der Waals surface area contributed by atoms with Gasteiger partial charge < -0.3 is 11.1 Å². The summed E-state index contributed by atoms with van der Waals surface area (Å²) in [6, 6.07) is 7.00. The van der Waals surface area contributed by atoms with E-state index in [-0.39, 0.29) is 17.9 Å². The second-order valence-electron chi connectivity index (χ2n) is 4.58. The fourth-order valence-electron chi connectivity index (χ4n) is 2.30. The summed E-state index contributed by atoms with van der Waals surface area (Å²) in [7, 11) is 0. The lowest BCUT2D eigenvalue weighted by Gasteiger charge is -2.27. The van der Waals surface area contributed by atoms with Crippen molar-refractivity contribution in [3.05, 3.63) is 41.4 Å². The molecular weight excluding hydrogens is 248 g/mol. The Kier molecular flexibility index (Phi) is 4.26. The van der Waals surface area contributed by atoms with Crippen LogP contribution in [0, 0.1) is 5.92 Å². The summed E-state index contributed by atoms with van der Waals surface area (Å²) in [6.45, 7) is 0. The monoisotopic (exact) mass is 264 g/mol. The second kappa shape index (κ2) is 5.91. The van der Waals surface area contributed by atoms with Gasteiger partial charge in [0.05, 0.1) is 0 Å². The van der Waals surface area contributed by atoms with Crippen molar-refractivity contribution >= 4 is 23.2 Å². The summed E-state index contributed by atoms with van der Waals surface area (Å²) in [5, 5.41) is 3.84. The van der Waals surface area contributed by atoms with E-state index in [2.05, 4.69) is 17.5 Å². The summed E-state index contributed by atoms with van der Waals surface area (Å²) < 4.78 is 0. The molecule has 1 aromatic carbocycles. The number of nitrogens with two attached hydrogens (primary N) is 1. The van der Waals surface area contributed by atoms with Crippen molar-refractivity contribution in [3.63, 3.8) is 0 Å². The minimum absolute atomic E-state index is 0.256. The molecule has 18 heavy (non-hydrogen) atoms. The highest BCUT2D eigenvalue weighted by Crippen LogP contribution is 2.25. The van der Waals surface area contributed by atoms with Gasteiger partial charge in [-0.2, -0.15) is 0 Å². The molecule has 0 heterocycles. The van der Waals surface area contributed by atoms with Crippen LogP contribution < -0.4 is 11.1 Å². The lowest BCUT2D eigenvalue weighted by molar-refractivity contribution is -0.119. The maximum absolute atomic E-state index is 11.6. The number of anilines is 1. The summed E-state index contributed by atoms with van der Waals surface area (Å²) in [5.74, 6) is -0.0539. The highest BCUT2D eigenvalue weighted by Gasteiger charge is 2.26. The first-order valence-electron chi connectivity index (χ1n) is 6.13. The van der Waals surface area contributed by atoms with Gasteiger partial charge >= 0.3 is 0 Å². The van der Waals surface area contributed by atoms with E-state index < -0.39 is 0 Å². The van der Waals surface area contributed by atoms with Crippen molar-refractivity contribution in [2.75, 3.05) is 5.32 Å². The van der Waals surface area contributed by atoms with Crippen molar-refractivity contribution in [1.29, 1.82) is 0 Å². The van der Waals surface area contributed by atoms with Gasteiger partial charge in [-0.3, -0.25) is 4.79 Å². The standard InChI is InChI=1S/C14H17ClN2O/c15-11-7-4-8-12(9-11)17-13(14(16)18)10-5-2-1-3-6-10/h1-2,4,7-10,13,17H,3,5-6H2,(H2,16,18). The molecule has 3 nitrogen and oxygen atoms in total. The van der Waals surface area contributed by atoms with Crippen molar-refractivity contribution in [1.82, 2.24) is 0 Å². The van der Waals surface area contributed by atoms with E-state index in [1.165, 1.54) is 0 Å². The minimum Gasteiger partial charge on any atom is -0.373 e. The molecule has 0 aromatic heterocycles. The van der Waals surface area contributed by atoms with Crippen LogP contribution in [-0.2, 0) is 4.79 Å². The fraction of sp³-hybridized carbons (Fsp3) is 0.357. The highest BCUT2D eigenvalue weighted by molar-refractivity contribution is 6.30. The van der Waals surface area contributed by atoms with Gasteiger partial charge in [-0.1, -0.05) is 29.8 Å². The average Bonchev–Trinajstić information content (AvgIpc) is 2.37. The molecule has 0 spiro atoms. The number of rotatable bonds is 4. The second-order valence-corrected chi connectivity index (χ2v) is 5.02. The third kappa shape index (κ3) is 3.26. The first-order chi connectivity index (χ1) is 8.66. The van der Waals surface area contributed by atoms with Crippen LogP contribution in [0.5, 0.6) is 0 Å². The van der Waals surface area contributed by atoms with Crippen LogP contribution >= 0.6 is 11.6 Å². The Morgan fingerprint density at radius 1 is 1.44 bits per heavy atom. The molecule has 0 saturated heterocycles. The molecule has 2 atom stereocenters. The van der Waals surface area contributed by atoms with Crippen LogP contribution in [0.15, 0.2) is 36.4 Å². The molecule has 96 valence electrons. The number of hydrogen-bond donors (Lipinski definition) is 2. The van der Waals surface area contributed by atoms with E-state index in [1.807, 2.05) is 12.1 Å². The molecule has 0 bridgehead atoms. The minimum atomic E-state index is -0.339. The maximum Gasteiger partial charge on any atom is 0.240 e. The molecule has 1 aliphatic rings. The smallest absolute Gasteiger partial charge is 0.240 e. The molecule has 0 aliphatic heterocycles. The van der Waals surface area contributed by atoms with E-state index in [4.69, 9.17) is 17.3 Å². The van der Waals surface area contributed by atoms with Gasteiger partial charge in [0.1, 0.15) is 6.04 Å². The zero-order valence-corrected chi connectivity index (χ0v) is 10.9. The van der Waals surface area contributed by atoms with Gasteiger partial charge in [-0.25, -0.2) is 0 Å². The van der Waals surface area contributed by atoms with Gasteiger partial charge in [0.2, 0.25) is 5.91 Å². The molecule has 0 saturated carbocycles. The highest BCUT2D eigenvalue weighted by atomic mass is 35.5. The first kappa shape index (κ1) is 13.0. The molecule has 0 radical (unpaired) electrons. The lowest BCUT2D eigenvalue weighted by atomic mass is 9.87.